The molecular weight excluding hydrogens is 469 g/mol. The van der Waals surface area contributed by atoms with Gasteiger partial charge in [0, 0.05) is 42.3 Å². The van der Waals surface area contributed by atoms with Gasteiger partial charge in [0.1, 0.15) is 0 Å². The molecule has 32 heavy (non-hydrogen) atoms. The molecule has 1 heterocycles. The molecule has 0 saturated carbocycles. The molecule has 0 bridgehead atoms. The van der Waals surface area contributed by atoms with Crippen LogP contribution in [0.3, 0.4) is 0 Å². The number of hydrogen-bond acceptors (Lipinski definition) is 3. The van der Waals surface area contributed by atoms with E-state index in [1.807, 2.05) is 29.2 Å². The number of anilines is 2. The highest BCUT2D eigenvalue weighted by Gasteiger charge is 2.24. The maximum absolute atomic E-state index is 12.8. The highest BCUT2D eigenvalue weighted by atomic mass is 35.5. The Hall–Kier alpha value is -2.73. The fourth-order valence-corrected chi connectivity index (χ4v) is 4.04. The summed E-state index contributed by atoms with van der Waals surface area (Å²) in [5.74, 6) is -0.282. The summed E-state index contributed by atoms with van der Waals surface area (Å²) in [6, 6.07) is 19.3. The first-order chi connectivity index (χ1) is 15.4. The van der Waals surface area contributed by atoms with Crippen molar-refractivity contribution in [1.29, 1.82) is 0 Å². The van der Waals surface area contributed by atoms with Crippen molar-refractivity contribution in [3.05, 3.63) is 92.9 Å². The number of carbonyl (C=O) groups is 2. The molecule has 3 aromatic carbocycles. The standard InChI is InChI=1S/C24H20Cl3N3O2/c25-18-8-5-16(6-9-18)24(32)30-13-11-29(12-14-30)22-4-2-1-3-21(22)28-23(31)17-7-10-19(26)20(27)15-17/h1-10,15H,11-14H2,(H,28,31). The first kappa shape index (κ1) is 22.5. The van der Waals surface area contributed by atoms with Crippen LogP contribution in [0.25, 0.3) is 0 Å². The lowest BCUT2D eigenvalue weighted by molar-refractivity contribution is 0.0746. The number of para-hydroxylation sites is 2. The van der Waals surface area contributed by atoms with Crippen molar-refractivity contribution in [2.24, 2.45) is 0 Å². The zero-order valence-electron chi connectivity index (χ0n) is 17.0. The Morgan fingerprint density at radius 2 is 1.41 bits per heavy atom. The molecule has 4 rings (SSSR count). The van der Waals surface area contributed by atoms with Crippen molar-refractivity contribution < 1.29 is 9.59 Å². The molecule has 5 nitrogen and oxygen atoms in total. The van der Waals surface area contributed by atoms with Crippen LogP contribution in [0, 0.1) is 0 Å². The first-order valence-corrected chi connectivity index (χ1v) is 11.2. The molecule has 0 aliphatic carbocycles. The second-order valence-electron chi connectivity index (χ2n) is 7.39. The summed E-state index contributed by atoms with van der Waals surface area (Å²) >= 11 is 17.9. The molecule has 0 aromatic heterocycles. The summed E-state index contributed by atoms with van der Waals surface area (Å²) in [6.07, 6.45) is 0. The van der Waals surface area contributed by atoms with Crippen molar-refractivity contribution in [2.75, 3.05) is 36.4 Å². The number of hydrogen-bond donors (Lipinski definition) is 1. The van der Waals surface area contributed by atoms with E-state index in [1.165, 1.54) is 0 Å². The van der Waals surface area contributed by atoms with Gasteiger partial charge in [0.15, 0.2) is 0 Å². The summed E-state index contributed by atoms with van der Waals surface area (Å²) in [6.45, 7) is 2.46. The molecule has 1 N–H and O–H groups in total. The van der Waals surface area contributed by atoms with Crippen molar-refractivity contribution in [3.63, 3.8) is 0 Å². The maximum Gasteiger partial charge on any atom is 0.255 e. The van der Waals surface area contributed by atoms with Gasteiger partial charge in [-0.3, -0.25) is 9.59 Å². The molecule has 1 saturated heterocycles. The van der Waals surface area contributed by atoms with E-state index >= 15 is 0 Å². The normalized spacial score (nSPS) is 13.7. The Labute approximate surface area is 201 Å². The van der Waals surface area contributed by atoms with E-state index < -0.39 is 0 Å². The van der Waals surface area contributed by atoms with Gasteiger partial charge >= 0.3 is 0 Å². The van der Waals surface area contributed by atoms with E-state index in [-0.39, 0.29) is 11.8 Å². The molecule has 2 amide bonds. The van der Waals surface area contributed by atoms with Gasteiger partial charge in [0.05, 0.1) is 21.4 Å². The van der Waals surface area contributed by atoms with Crippen LogP contribution in [0.4, 0.5) is 11.4 Å². The number of carbonyl (C=O) groups excluding carboxylic acids is 2. The van der Waals surface area contributed by atoms with Gasteiger partial charge in [-0.2, -0.15) is 0 Å². The van der Waals surface area contributed by atoms with Crippen molar-refractivity contribution >= 4 is 58.0 Å². The molecule has 164 valence electrons. The number of piperazine rings is 1. The summed E-state index contributed by atoms with van der Waals surface area (Å²) in [7, 11) is 0. The summed E-state index contributed by atoms with van der Waals surface area (Å²) < 4.78 is 0. The van der Waals surface area contributed by atoms with Crippen molar-refractivity contribution in [2.45, 2.75) is 0 Å². The molecule has 0 unspecified atom stereocenters. The second kappa shape index (κ2) is 9.82. The minimum absolute atomic E-state index is 0.0116. The third-order valence-electron chi connectivity index (χ3n) is 5.33. The number of rotatable bonds is 4. The first-order valence-electron chi connectivity index (χ1n) is 10.1. The molecule has 8 heteroatoms. The lowest BCUT2D eigenvalue weighted by atomic mass is 10.1. The second-order valence-corrected chi connectivity index (χ2v) is 8.64. The molecule has 1 aliphatic rings. The van der Waals surface area contributed by atoms with E-state index in [1.54, 1.807) is 42.5 Å². The molecular formula is C24H20Cl3N3O2. The number of halogens is 3. The van der Waals surface area contributed by atoms with Crippen LogP contribution in [-0.4, -0.2) is 42.9 Å². The fraction of sp³-hybridized carbons (Fsp3) is 0.167. The van der Waals surface area contributed by atoms with Crippen LogP contribution >= 0.6 is 34.8 Å². The SMILES string of the molecule is O=C(Nc1ccccc1N1CCN(C(=O)c2ccc(Cl)cc2)CC1)c1ccc(Cl)c(Cl)c1. The fourth-order valence-electron chi connectivity index (χ4n) is 3.61. The molecule has 0 spiro atoms. The monoisotopic (exact) mass is 487 g/mol. The van der Waals surface area contributed by atoms with Crippen molar-refractivity contribution in [3.8, 4) is 0 Å². The zero-order valence-corrected chi connectivity index (χ0v) is 19.3. The largest absolute Gasteiger partial charge is 0.366 e. The minimum atomic E-state index is -0.271. The van der Waals surface area contributed by atoms with Gasteiger partial charge in [-0.05, 0) is 54.6 Å². The maximum atomic E-state index is 12.8. The van der Waals surface area contributed by atoms with Gasteiger partial charge in [0.25, 0.3) is 11.8 Å². The Bertz CT molecular complexity index is 1140. The smallest absolute Gasteiger partial charge is 0.255 e. The van der Waals surface area contributed by atoms with Crippen LogP contribution < -0.4 is 10.2 Å². The van der Waals surface area contributed by atoms with Gasteiger partial charge < -0.3 is 15.1 Å². The van der Waals surface area contributed by atoms with Crippen LogP contribution in [0.5, 0.6) is 0 Å². The predicted octanol–water partition coefficient (Wildman–Crippen LogP) is 5.86. The van der Waals surface area contributed by atoms with Crippen LogP contribution in [0.1, 0.15) is 20.7 Å². The van der Waals surface area contributed by atoms with E-state index in [4.69, 9.17) is 34.8 Å². The summed E-state index contributed by atoms with van der Waals surface area (Å²) in [5.41, 5.74) is 2.64. The van der Waals surface area contributed by atoms with Crippen LogP contribution in [0.2, 0.25) is 15.1 Å². The van der Waals surface area contributed by atoms with Gasteiger partial charge in [-0.15, -0.1) is 0 Å². The average Bonchev–Trinajstić information content (AvgIpc) is 2.81. The minimum Gasteiger partial charge on any atom is -0.366 e. The van der Waals surface area contributed by atoms with E-state index in [9.17, 15) is 9.59 Å². The number of nitrogens with zero attached hydrogens (tertiary/aromatic N) is 2. The lowest BCUT2D eigenvalue weighted by Gasteiger charge is -2.37. The highest BCUT2D eigenvalue weighted by molar-refractivity contribution is 6.42. The Kier molecular flexibility index (Phi) is 6.89. The van der Waals surface area contributed by atoms with Gasteiger partial charge in [0.2, 0.25) is 0 Å². The van der Waals surface area contributed by atoms with Gasteiger partial charge in [-0.1, -0.05) is 46.9 Å². The molecule has 0 radical (unpaired) electrons. The van der Waals surface area contributed by atoms with Crippen molar-refractivity contribution in [1.82, 2.24) is 4.90 Å². The topological polar surface area (TPSA) is 52.7 Å². The summed E-state index contributed by atoms with van der Waals surface area (Å²) in [4.78, 5) is 29.5. The van der Waals surface area contributed by atoms with Crippen LogP contribution in [-0.2, 0) is 0 Å². The quantitative estimate of drug-likeness (QED) is 0.500. The Morgan fingerprint density at radius 3 is 2.09 bits per heavy atom. The average molecular weight is 489 g/mol. The van der Waals surface area contributed by atoms with E-state index in [0.717, 1.165) is 5.69 Å². The lowest BCUT2D eigenvalue weighted by Crippen LogP contribution is -2.49. The van der Waals surface area contributed by atoms with Gasteiger partial charge in [-0.25, -0.2) is 0 Å². The number of nitrogens with one attached hydrogen (secondary N) is 1. The van der Waals surface area contributed by atoms with E-state index in [2.05, 4.69) is 10.2 Å². The van der Waals surface area contributed by atoms with Crippen LogP contribution in [0.15, 0.2) is 66.7 Å². The molecule has 3 aromatic rings. The highest BCUT2D eigenvalue weighted by Crippen LogP contribution is 2.28. The number of benzene rings is 3. The molecule has 0 atom stereocenters. The number of amides is 2. The summed E-state index contributed by atoms with van der Waals surface area (Å²) in [5, 5.41) is 4.29. The third kappa shape index (κ3) is 5.01. The Morgan fingerprint density at radius 1 is 0.750 bits per heavy atom. The third-order valence-corrected chi connectivity index (χ3v) is 6.32. The molecule has 1 fully saturated rings. The zero-order chi connectivity index (χ0) is 22.7. The Balaban J connectivity index is 1.44. The van der Waals surface area contributed by atoms with E-state index in [0.29, 0.717) is 58.1 Å². The predicted molar refractivity (Wildman–Crippen MR) is 130 cm³/mol. The molecule has 1 aliphatic heterocycles.